The maximum atomic E-state index is 12.7. The summed E-state index contributed by atoms with van der Waals surface area (Å²) < 4.78 is 5.18. The van der Waals surface area contributed by atoms with Gasteiger partial charge in [-0.15, -0.1) is 0 Å². The standard InChI is InChI=1S/C28H32N4O3/c1-20-4-7-24(18-21(20)2)30-28(34)29-23-8-10-25(11-9-23)31-14-16-32(17-15-31)27(33)19-22-5-12-26(35-3)13-6-22/h4-13,18H,14-17,19H2,1-3H3,(H2,29,30,34). The van der Waals surface area contributed by atoms with Crippen molar-refractivity contribution in [3.05, 3.63) is 83.4 Å². The third kappa shape index (κ3) is 6.32. The second kappa shape index (κ2) is 11.0. The van der Waals surface area contributed by atoms with Gasteiger partial charge in [0.25, 0.3) is 0 Å². The highest BCUT2D eigenvalue weighted by Crippen LogP contribution is 2.21. The van der Waals surface area contributed by atoms with Gasteiger partial charge in [0.05, 0.1) is 13.5 Å². The molecule has 182 valence electrons. The summed E-state index contributed by atoms with van der Waals surface area (Å²) >= 11 is 0. The minimum absolute atomic E-state index is 0.143. The minimum Gasteiger partial charge on any atom is -0.497 e. The molecule has 0 saturated carbocycles. The largest absolute Gasteiger partial charge is 0.497 e. The summed E-state index contributed by atoms with van der Waals surface area (Å²) in [5, 5.41) is 5.75. The molecule has 1 saturated heterocycles. The van der Waals surface area contributed by atoms with Crippen molar-refractivity contribution in [2.75, 3.05) is 48.8 Å². The Balaban J connectivity index is 1.25. The Morgan fingerprint density at radius 3 is 2.06 bits per heavy atom. The van der Waals surface area contributed by atoms with E-state index in [1.165, 1.54) is 5.56 Å². The van der Waals surface area contributed by atoms with Gasteiger partial charge in [-0.3, -0.25) is 4.79 Å². The highest BCUT2D eigenvalue weighted by atomic mass is 16.5. The fourth-order valence-electron chi connectivity index (χ4n) is 4.11. The van der Waals surface area contributed by atoms with Crippen LogP contribution in [-0.4, -0.2) is 50.1 Å². The highest BCUT2D eigenvalue weighted by Gasteiger charge is 2.21. The first-order chi connectivity index (χ1) is 16.9. The van der Waals surface area contributed by atoms with Gasteiger partial charge in [-0.2, -0.15) is 0 Å². The van der Waals surface area contributed by atoms with E-state index in [9.17, 15) is 9.59 Å². The van der Waals surface area contributed by atoms with Gasteiger partial charge in [-0.1, -0.05) is 18.2 Å². The molecule has 7 heteroatoms. The average Bonchev–Trinajstić information content (AvgIpc) is 2.87. The number of hydrogen-bond acceptors (Lipinski definition) is 4. The smallest absolute Gasteiger partial charge is 0.323 e. The van der Waals surface area contributed by atoms with Crippen LogP contribution in [0.25, 0.3) is 0 Å². The molecule has 2 N–H and O–H groups in total. The van der Waals surface area contributed by atoms with Crippen molar-refractivity contribution in [2.45, 2.75) is 20.3 Å². The average molecular weight is 473 g/mol. The number of carbonyl (C=O) groups is 2. The number of aryl methyl sites for hydroxylation is 2. The molecule has 0 aromatic heterocycles. The number of hydrogen-bond donors (Lipinski definition) is 2. The summed E-state index contributed by atoms with van der Waals surface area (Å²) in [7, 11) is 1.63. The van der Waals surface area contributed by atoms with Gasteiger partial charge in [0.1, 0.15) is 5.75 Å². The summed E-state index contributed by atoms with van der Waals surface area (Å²) in [6.07, 6.45) is 0.397. The third-order valence-corrected chi connectivity index (χ3v) is 6.40. The van der Waals surface area contributed by atoms with Crippen LogP contribution in [0, 0.1) is 13.8 Å². The predicted molar refractivity (Wildman–Crippen MR) is 140 cm³/mol. The lowest BCUT2D eigenvalue weighted by Crippen LogP contribution is -2.49. The number of carbonyl (C=O) groups excluding carboxylic acids is 2. The molecule has 4 rings (SSSR count). The number of piperazine rings is 1. The summed E-state index contributed by atoms with van der Waals surface area (Å²) in [5.74, 6) is 0.933. The fourth-order valence-corrected chi connectivity index (χ4v) is 4.11. The summed E-state index contributed by atoms with van der Waals surface area (Å²) in [5.41, 5.74) is 5.88. The Bertz CT molecular complexity index is 1170. The van der Waals surface area contributed by atoms with Crippen LogP contribution < -0.4 is 20.3 Å². The molecule has 0 unspecified atom stereocenters. The quantitative estimate of drug-likeness (QED) is 0.538. The Labute approximate surface area is 206 Å². The molecule has 7 nitrogen and oxygen atoms in total. The van der Waals surface area contributed by atoms with E-state index in [1.807, 2.05) is 85.5 Å². The molecule has 3 amide bonds. The maximum Gasteiger partial charge on any atom is 0.323 e. The Morgan fingerprint density at radius 1 is 0.800 bits per heavy atom. The predicted octanol–water partition coefficient (Wildman–Crippen LogP) is 4.85. The summed E-state index contributed by atoms with van der Waals surface area (Å²) in [6.45, 7) is 6.98. The van der Waals surface area contributed by atoms with Crippen LogP contribution >= 0.6 is 0 Å². The Hall–Kier alpha value is -4.00. The number of benzene rings is 3. The van der Waals surface area contributed by atoms with Gasteiger partial charge in [0.15, 0.2) is 0 Å². The Morgan fingerprint density at radius 2 is 1.43 bits per heavy atom. The molecule has 0 atom stereocenters. The zero-order valence-corrected chi connectivity index (χ0v) is 20.5. The van der Waals surface area contributed by atoms with Gasteiger partial charge in [-0.05, 0) is 79.1 Å². The number of methoxy groups -OCH3 is 1. The number of urea groups is 1. The fraction of sp³-hybridized carbons (Fsp3) is 0.286. The number of nitrogens with zero attached hydrogens (tertiary/aromatic N) is 2. The van der Waals surface area contributed by atoms with Gasteiger partial charge in [0, 0.05) is 43.2 Å². The molecule has 1 aliphatic rings. The molecule has 3 aromatic carbocycles. The first-order valence-electron chi connectivity index (χ1n) is 11.8. The molecule has 0 spiro atoms. The van der Waals surface area contributed by atoms with Crippen molar-refractivity contribution in [1.29, 1.82) is 0 Å². The SMILES string of the molecule is COc1ccc(CC(=O)N2CCN(c3ccc(NC(=O)Nc4ccc(C)c(C)c4)cc3)CC2)cc1. The first kappa shape index (κ1) is 24.1. The monoisotopic (exact) mass is 472 g/mol. The molecule has 0 aliphatic carbocycles. The molecule has 1 fully saturated rings. The second-order valence-electron chi connectivity index (χ2n) is 8.82. The topological polar surface area (TPSA) is 73.9 Å². The number of nitrogens with one attached hydrogen (secondary N) is 2. The van der Waals surface area contributed by atoms with E-state index >= 15 is 0 Å². The molecule has 0 bridgehead atoms. The number of ether oxygens (including phenoxy) is 1. The lowest BCUT2D eigenvalue weighted by atomic mass is 10.1. The molecule has 0 radical (unpaired) electrons. The molecule has 1 aliphatic heterocycles. The Kier molecular flexibility index (Phi) is 7.55. The van der Waals surface area contributed by atoms with E-state index in [0.717, 1.165) is 47.0 Å². The molecular weight excluding hydrogens is 440 g/mol. The van der Waals surface area contributed by atoms with Gasteiger partial charge in [0.2, 0.25) is 5.91 Å². The van der Waals surface area contributed by atoms with Crippen molar-refractivity contribution in [3.63, 3.8) is 0 Å². The lowest BCUT2D eigenvalue weighted by Gasteiger charge is -2.36. The van der Waals surface area contributed by atoms with Crippen molar-refractivity contribution in [2.24, 2.45) is 0 Å². The van der Waals surface area contributed by atoms with Crippen LogP contribution in [0.1, 0.15) is 16.7 Å². The number of rotatable bonds is 6. The van der Waals surface area contributed by atoms with Crippen LogP contribution in [0.5, 0.6) is 5.75 Å². The normalized spacial score (nSPS) is 13.3. The van der Waals surface area contributed by atoms with Crippen molar-refractivity contribution in [3.8, 4) is 5.75 Å². The minimum atomic E-state index is -0.273. The van der Waals surface area contributed by atoms with Crippen LogP contribution in [0.3, 0.4) is 0 Å². The summed E-state index contributed by atoms with van der Waals surface area (Å²) in [6, 6.07) is 21.0. The van der Waals surface area contributed by atoms with E-state index in [0.29, 0.717) is 19.5 Å². The van der Waals surface area contributed by atoms with E-state index in [2.05, 4.69) is 15.5 Å². The van der Waals surface area contributed by atoms with Crippen LogP contribution in [0.15, 0.2) is 66.7 Å². The van der Waals surface area contributed by atoms with Crippen molar-refractivity contribution in [1.82, 2.24) is 4.90 Å². The van der Waals surface area contributed by atoms with Crippen molar-refractivity contribution >= 4 is 29.0 Å². The molecule has 3 aromatic rings. The van der Waals surface area contributed by atoms with Crippen molar-refractivity contribution < 1.29 is 14.3 Å². The lowest BCUT2D eigenvalue weighted by molar-refractivity contribution is -0.130. The number of anilines is 3. The molecule has 1 heterocycles. The first-order valence-corrected chi connectivity index (χ1v) is 11.8. The summed E-state index contributed by atoms with van der Waals surface area (Å²) in [4.78, 5) is 29.2. The molecule has 35 heavy (non-hydrogen) atoms. The van der Waals surface area contributed by atoms with Crippen LogP contribution in [0.2, 0.25) is 0 Å². The van der Waals surface area contributed by atoms with E-state index in [4.69, 9.17) is 4.74 Å². The second-order valence-corrected chi connectivity index (χ2v) is 8.82. The van der Waals surface area contributed by atoms with Crippen LogP contribution in [0.4, 0.5) is 21.9 Å². The third-order valence-electron chi connectivity index (χ3n) is 6.40. The van der Waals surface area contributed by atoms with E-state index < -0.39 is 0 Å². The van der Waals surface area contributed by atoms with Gasteiger partial charge < -0.3 is 25.2 Å². The highest BCUT2D eigenvalue weighted by molar-refractivity contribution is 5.99. The van der Waals surface area contributed by atoms with Gasteiger partial charge in [-0.25, -0.2) is 4.79 Å². The molecular formula is C28H32N4O3. The van der Waals surface area contributed by atoms with Gasteiger partial charge >= 0.3 is 6.03 Å². The maximum absolute atomic E-state index is 12.7. The number of amides is 3. The van der Waals surface area contributed by atoms with Crippen LogP contribution in [-0.2, 0) is 11.2 Å². The van der Waals surface area contributed by atoms with E-state index in [1.54, 1.807) is 7.11 Å². The zero-order valence-electron chi connectivity index (χ0n) is 20.5. The van der Waals surface area contributed by atoms with E-state index in [-0.39, 0.29) is 11.9 Å². The zero-order chi connectivity index (χ0) is 24.8.